The summed E-state index contributed by atoms with van der Waals surface area (Å²) in [6.45, 7) is 1.97. The first kappa shape index (κ1) is 15.7. The van der Waals surface area contributed by atoms with Crippen molar-refractivity contribution in [1.82, 2.24) is 4.98 Å². The lowest BCUT2D eigenvalue weighted by molar-refractivity contribution is -0.274. The van der Waals surface area contributed by atoms with Gasteiger partial charge in [0, 0.05) is 11.5 Å². The normalized spacial score (nSPS) is 28.7. The molecule has 2 saturated carbocycles. The predicted octanol–water partition coefficient (Wildman–Crippen LogP) is 4.57. The van der Waals surface area contributed by atoms with Crippen molar-refractivity contribution in [3.63, 3.8) is 0 Å². The molecule has 1 N–H and O–H groups in total. The number of fused-ring (bicyclic) bond motifs is 2. The van der Waals surface area contributed by atoms with Gasteiger partial charge in [0.25, 0.3) is 0 Å². The quantitative estimate of drug-likeness (QED) is 0.876. The fourth-order valence-corrected chi connectivity index (χ4v) is 4.53. The zero-order chi connectivity index (χ0) is 17.1. The van der Waals surface area contributed by atoms with Crippen LogP contribution in [0, 0.1) is 17.3 Å². The average molecular weight is 356 g/mol. The lowest BCUT2D eigenvalue weighted by atomic mass is 9.84. The SMILES string of the molecule is CC1(C(=O)Nc2nc3ccc(OC(F)(F)F)cc3s2)CC2CC2C1. The molecule has 2 atom stereocenters. The molecule has 8 heteroatoms. The number of aromatic nitrogens is 1. The number of alkyl halides is 3. The number of nitrogens with one attached hydrogen (secondary N) is 1. The second-order valence-electron chi connectivity index (χ2n) is 6.88. The Morgan fingerprint density at radius 3 is 2.75 bits per heavy atom. The summed E-state index contributed by atoms with van der Waals surface area (Å²) in [7, 11) is 0. The maximum Gasteiger partial charge on any atom is 0.573 e. The molecule has 2 aliphatic rings. The van der Waals surface area contributed by atoms with Crippen LogP contribution in [0.2, 0.25) is 0 Å². The monoisotopic (exact) mass is 356 g/mol. The third kappa shape index (κ3) is 2.94. The molecule has 2 fully saturated rings. The van der Waals surface area contributed by atoms with E-state index in [0.29, 0.717) is 27.2 Å². The van der Waals surface area contributed by atoms with E-state index in [0.717, 1.165) is 24.2 Å². The molecule has 0 radical (unpaired) electrons. The van der Waals surface area contributed by atoms with Crippen molar-refractivity contribution in [2.45, 2.75) is 32.5 Å². The average Bonchev–Trinajstić information content (AvgIpc) is 2.91. The molecule has 2 aromatic rings. The summed E-state index contributed by atoms with van der Waals surface area (Å²) in [6, 6.07) is 3.95. The van der Waals surface area contributed by atoms with Crippen LogP contribution in [-0.4, -0.2) is 17.3 Å². The molecule has 0 bridgehead atoms. The van der Waals surface area contributed by atoms with E-state index in [-0.39, 0.29) is 17.1 Å². The summed E-state index contributed by atoms with van der Waals surface area (Å²) in [5, 5.41) is 3.23. The molecule has 24 heavy (non-hydrogen) atoms. The Morgan fingerprint density at radius 1 is 1.38 bits per heavy atom. The number of anilines is 1. The zero-order valence-electron chi connectivity index (χ0n) is 12.8. The van der Waals surface area contributed by atoms with Crippen LogP contribution in [0.1, 0.15) is 26.2 Å². The maximum atomic E-state index is 12.5. The molecule has 4 rings (SSSR count). The van der Waals surface area contributed by atoms with Crippen LogP contribution in [0.5, 0.6) is 5.75 Å². The van der Waals surface area contributed by atoms with E-state index < -0.39 is 6.36 Å². The highest BCUT2D eigenvalue weighted by Crippen LogP contribution is 2.60. The number of hydrogen-bond donors (Lipinski definition) is 1. The Bertz CT molecular complexity index is 807. The van der Waals surface area contributed by atoms with Gasteiger partial charge in [-0.05, 0) is 43.2 Å². The number of thiazole rings is 1. The van der Waals surface area contributed by atoms with Crippen LogP contribution < -0.4 is 10.1 Å². The molecule has 0 spiro atoms. The molecule has 1 aromatic carbocycles. The summed E-state index contributed by atoms with van der Waals surface area (Å²) in [5.74, 6) is 1.01. The predicted molar refractivity (Wildman–Crippen MR) is 83.9 cm³/mol. The number of hydrogen-bond acceptors (Lipinski definition) is 4. The van der Waals surface area contributed by atoms with Crippen molar-refractivity contribution in [1.29, 1.82) is 0 Å². The summed E-state index contributed by atoms with van der Waals surface area (Å²) in [4.78, 5) is 16.8. The van der Waals surface area contributed by atoms with Gasteiger partial charge in [0.2, 0.25) is 5.91 Å². The molecule has 128 valence electrons. The second kappa shape index (κ2) is 5.08. The highest BCUT2D eigenvalue weighted by atomic mass is 32.1. The molecule has 0 saturated heterocycles. The summed E-state index contributed by atoms with van der Waals surface area (Å²) < 4.78 is 41.3. The molecule has 2 unspecified atom stereocenters. The fraction of sp³-hybridized carbons (Fsp3) is 0.500. The van der Waals surface area contributed by atoms with E-state index in [1.165, 1.54) is 24.6 Å². The van der Waals surface area contributed by atoms with Gasteiger partial charge in [-0.3, -0.25) is 4.79 Å². The standard InChI is InChI=1S/C16H15F3N2O2S/c1-15(6-8-4-9(8)7-15)13(22)21-14-20-11-3-2-10(5-12(11)24-14)23-16(17,18)19/h2-3,5,8-9H,4,6-7H2,1H3,(H,20,21,22). The molecule has 1 aromatic heterocycles. The number of carbonyl (C=O) groups is 1. The molecule has 0 aliphatic heterocycles. The fourth-order valence-electron chi connectivity index (χ4n) is 3.64. The summed E-state index contributed by atoms with van der Waals surface area (Å²) >= 11 is 1.14. The Kier molecular flexibility index (Phi) is 3.32. The van der Waals surface area contributed by atoms with E-state index >= 15 is 0 Å². The van der Waals surface area contributed by atoms with Crippen LogP contribution in [0.3, 0.4) is 0 Å². The van der Waals surface area contributed by atoms with Crippen LogP contribution >= 0.6 is 11.3 Å². The molecule has 4 nitrogen and oxygen atoms in total. The first-order valence-electron chi connectivity index (χ1n) is 7.70. The van der Waals surface area contributed by atoms with Gasteiger partial charge in [-0.15, -0.1) is 13.2 Å². The third-order valence-electron chi connectivity index (χ3n) is 4.86. The number of ether oxygens (including phenoxy) is 1. The smallest absolute Gasteiger partial charge is 0.406 e. The largest absolute Gasteiger partial charge is 0.573 e. The second-order valence-corrected chi connectivity index (χ2v) is 7.91. The Labute approximate surface area is 140 Å². The Morgan fingerprint density at radius 2 is 2.08 bits per heavy atom. The lowest BCUT2D eigenvalue weighted by Gasteiger charge is -2.23. The molecular weight excluding hydrogens is 341 g/mol. The number of benzene rings is 1. The van der Waals surface area contributed by atoms with Crippen molar-refractivity contribution < 1.29 is 22.7 Å². The van der Waals surface area contributed by atoms with Crippen molar-refractivity contribution >= 4 is 32.6 Å². The van der Waals surface area contributed by atoms with Crippen molar-refractivity contribution in [2.75, 3.05) is 5.32 Å². The lowest BCUT2D eigenvalue weighted by Crippen LogP contribution is -2.32. The van der Waals surface area contributed by atoms with Gasteiger partial charge in [-0.2, -0.15) is 0 Å². The number of halogens is 3. The van der Waals surface area contributed by atoms with Gasteiger partial charge < -0.3 is 10.1 Å². The van der Waals surface area contributed by atoms with Gasteiger partial charge in [-0.25, -0.2) is 4.98 Å². The van der Waals surface area contributed by atoms with Gasteiger partial charge in [0.1, 0.15) is 5.75 Å². The first-order chi connectivity index (χ1) is 11.2. The Balaban J connectivity index is 1.51. The van der Waals surface area contributed by atoms with Gasteiger partial charge in [0.15, 0.2) is 5.13 Å². The molecular formula is C16H15F3N2O2S. The van der Waals surface area contributed by atoms with Crippen LogP contribution in [-0.2, 0) is 4.79 Å². The minimum atomic E-state index is -4.73. The number of amides is 1. The number of carbonyl (C=O) groups excluding carboxylic acids is 1. The molecule has 1 heterocycles. The van der Waals surface area contributed by atoms with Crippen molar-refractivity contribution in [2.24, 2.45) is 17.3 Å². The molecule has 1 amide bonds. The number of rotatable bonds is 3. The highest BCUT2D eigenvalue weighted by molar-refractivity contribution is 7.22. The maximum absolute atomic E-state index is 12.5. The van der Waals surface area contributed by atoms with Crippen LogP contribution in [0.15, 0.2) is 18.2 Å². The van der Waals surface area contributed by atoms with Crippen molar-refractivity contribution in [3.8, 4) is 5.75 Å². The minimum absolute atomic E-state index is 0.0551. The van der Waals surface area contributed by atoms with E-state index in [4.69, 9.17) is 0 Å². The van der Waals surface area contributed by atoms with Gasteiger partial charge in [0.05, 0.1) is 10.2 Å². The van der Waals surface area contributed by atoms with E-state index in [2.05, 4.69) is 15.0 Å². The van der Waals surface area contributed by atoms with E-state index in [1.807, 2.05) is 6.92 Å². The van der Waals surface area contributed by atoms with E-state index in [9.17, 15) is 18.0 Å². The highest BCUT2D eigenvalue weighted by Gasteiger charge is 2.54. The summed E-state index contributed by atoms with van der Waals surface area (Å²) in [5.41, 5.74) is 0.167. The van der Waals surface area contributed by atoms with Crippen LogP contribution in [0.4, 0.5) is 18.3 Å². The van der Waals surface area contributed by atoms with Gasteiger partial charge in [-0.1, -0.05) is 18.3 Å². The van der Waals surface area contributed by atoms with Gasteiger partial charge >= 0.3 is 6.36 Å². The number of nitrogens with zero attached hydrogens (tertiary/aromatic N) is 1. The Hall–Kier alpha value is -1.83. The van der Waals surface area contributed by atoms with Crippen molar-refractivity contribution in [3.05, 3.63) is 18.2 Å². The topological polar surface area (TPSA) is 51.2 Å². The zero-order valence-corrected chi connectivity index (χ0v) is 13.6. The first-order valence-corrected chi connectivity index (χ1v) is 8.51. The molecule has 2 aliphatic carbocycles. The summed E-state index contributed by atoms with van der Waals surface area (Å²) in [6.07, 6.45) is -1.70. The minimum Gasteiger partial charge on any atom is -0.406 e. The van der Waals surface area contributed by atoms with E-state index in [1.54, 1.807) is 0 Å². The van der Waals surface area contributed by atoms with Crippen LogP contribution in [0.25, 0.3) is 10.2 Å². The third-order valence-corrected chi connectivity index (χ3v) is 5.79.